The lowest BCUT2D eigenvalue weighted by Gasteiger charge is -2.29. The van der Waals surface area contributed by atoms with E-state index >= 15 is 0 Å². The van der Waals surface area contributed by atoms with Crippen molar-refractivity contribution in [3.05, 3.63) is 123 Å². The van der Waals surface area contributed by atoms with Crippen LogP contribution in [0.5, 0.6) is 0 Å². The van der Waals surface area contributed by atoms with Gasteiger partial charge >= 0.3 is 0 Å². The molecule has 5 aromatic carbocycles. The third-order valence-corrected chi connectivity index (χ3v) is 8.46. The van der Waals surface area contributed by atoms with Gasteiger partial charge in [0.2, 0.25) is 0 Å². The van der Waals surface area contributed by atoms with Gasteiger partial charge in [0.15, 0.2) is 0 Å². The maximum absolute atomic E-state index is 3.86. The maximum Gasteiger partial charge on any atom is 0.0466 e. The summed E-state index contributed by atoms with van der Waals surface area (Å²) in [6.45, 7) is 13.5. The number of aryl methyl sites for hydroxylation is 4. The highest BCUT2D eigenvalue weighted by Crippen LogP contribution is 2.54. The van der Waals surface area contributed by atoms with E-state index in [0.29, 0.717) is 0 Å². The van der Waals surface area contributed by atoms with E-state index in [0.717, 1.165) is 4.47 Å². The summed E-state index contributed by atoms with van der Waals surface area (Å²) in [5, 5.41) is 2.58. The van der Waals surface area contributed by atoms with Crippen LogP contribution in [0.3, 0.4) is 0 Å². The SMILES string of the molecule is Cc1cc(C)cc(N(c2cc(C)cc(C)c2)c2ccc3c(c2)C(C)(C)c2cc(Br)c4ccccc4c2-3)c1. The minimum atomic E-state index is -0.107. The second-order valence-electron chi connectivity index (χ2n) is 11.2. The Bertz CT molecular complexity index is 1620. The Labute approximate surface area is 228 Å². The van der Waals surface area contributed by atoms with E-state index in [1.165, 1.54) is 72.3 Å². The zero-order valence-corrected chi connectivity index (χ0v) is 24.0. The Kier molecular flexibility index (Phi) is 5.58. The molecule has 0 atom stereocenters. The summed E-state index contributed by atoms with van der Waals surface area (Å²) in [6, 6.07) is 31.8. The molecule has 0 fully saturated rings. The van der Waals surface area contributed by atoms with Gasteiger partial charge in [0.1, 0.15) is 0 Å². The predicted molar refractivity (Wildman–Crippen MR) is 163 cm³/mol. The summed E-state index contributed by atoms with van der Waals surface area (Å²) in [6.07, 6.45) is 0. The number of halogens is 1. The zero-order valence-electron chi connectivity index (χ0n) is 22.4. The number of rotatable bonds is 3. The molecular weight excluding hydrogens is 514 g/mol. The normalized spacial score (nSPS) is 13.5. The highest BCUT2D eigenvalue weighted by Gasteiger charge is 2.37. The van der Waals surface area contributed by atoms with Crippen molar-refractivity contribution in [3.8, 4) is 11.1 Å². The Morgan fingerprint density at radius 2 is 1.11 bits per heavy atom. The van der Waals surface area contributed by atoms with Crippen LogP contribution in [0.15, 0.2) is 89.4 Å². The number of nitrogens with zero attached hydrogens (tertiary/aromatic N) is 1. The predicted octanol–water partition coefficient (Wildman–Crippen LogP) is 10.6. The van der Waals surface area contributed by atoms with E-state index in [-0.39, 0.29) is 5.41 Å². The Balaban J connectivity index is 1.61. The van der Waals surface area contributed by atoms with Crippen LogP contribution in [-0.4, -0.2) is 0 Å². The smallest absolute Gasteiger partial charge is 0.0466 e. The van der Waals surface area contributed by atoms with Crippen molar-refractivity contribution in [3.63, 3.8) is 0 Å². The largest absolute Gasteiger partial charge is 0.310 e. The molecule has 6 rings (SSSR count). The molecule has 5 aromatic rings. The molecule has 0 unspecified atom stereocenters. The minimum absolute atomic E-state index is 0.107. The molecule has 2 heteroatoms. The van der Waals surface area contributed by atoms with Gasteiger partial charge in [0.05, 0.1) is 0 Å². The quantitative estimate of drug-likeness (QED) is 0.218. The maximum atomic E-state index is 3.86. The molecule has 0 spiro atoms. The third kappa shape index (κ3) is 3.90. The lowest BCUT2D eigenvalue weighted by atomic mass is 9.82. The Morgan fingerprint density at radius 1 is 0.568 bits per heavy atom. The standard InChI is InChI=1S/C35H32BrN/c1-21-13-22(2)16-26(15-21)37(27-17-23(3)14-24(4)18-27)25-11-12-30-31(19-25)35(5,6)32-20-33(36)28-9-7-8-10-29(28)34(30)32/h7-20H,1-6H3. The first kappa shape index (κ1) is 24.0. The summed E-state index contributed by atoms with van der Waals surface area (Å²) in [5.74, 6) is 0. The summed E-state index contributed by atoms with van der Waals surface area (Å²) >= 11 is 3.86. The topological polar surface area (TPSA) is 3.24 Å². The number of hydrogen-bond donors (Lipinski definition) is 0. The average molecular weight is 547 g/mol. The van der Waals surface area contributed by atoms with Crippen LogP contribution in [0.2, 0.25) is 0 Å². The molecule has 1 nitrogen and oxygen atoms in total. The van der Waals surface area contributed by atoms with Crippen LogP contribution >= 0.6 is 15.9 Å². The molecule has 0 aromatic heterocycles. The molecular formula is C35H32BrN. The monoisotopic (exact) mass is 545 g/mol. The minimum Gasteiger partial charge on any atom is -0.310 e. The number of anilines is 3. The van der Waals surface area contributed by atoms with E-state index in [1.54, 1.807) is 0 Å². The van der Waals surface area contributed by atoms with E-state index < -0.39 is 0 Å². The van der Waals surface area contributed by atoms with E-state index in [2.05, 4.69) is 147 Å². The number of fused-ring (bicyclic) bond motifs is 5. The van der Waals surface area contributed by atoms with Crippen molar-refractivity contribution in [2.75, 3.05) is 4.90 Å². The van der Waals surface area contributed by atoms with Gasteiger partial charge in [0.25, 0.3) is 0 Å². The van der Waals surface area contributed by atoms with Crippen LogP contribution in [0, 0.1) is 27.7 Å². The first-order valence-corrected chi connectivity index (χ1v) is 13.8. The van der Waals surface area contributed by atoms with Gasteiger partial charge in [-0.3, -0.25) is 0 Å². The van der Waals surface area contributed by atoms with Gasteiger partial charge in [0, 0.05) is 26.9 Å². The molecule has 1 aliphatic carbocycles. The van der Waals surface area contributed by atoms with Crippen molar-refractivity contribution in [1.29, 1.82) is 0 Å². The zero-order chi connectivity index (χ0) is 26.1. The average Bonchev–Trinajstić information content (AvgIpc) is 3.05. The molecule has 0 N–H and O–H groups in total. The fourth-order valence-electron chi connectivity index (χ4n) is 6.27. The molecule has 0 bridgehead atoms. The number of hydrogen-bond acceptors (Lipinski definition) is 1. The lowest BCUT2D eigenvalue weighted by molar-refractivity contribution is 0.660. The molecule has 0 amide bonds. The van der Waals surface area contributed by atoms with Gasteiger partial charge in [-0.25, -0.2) is 0 Å². The summed E-state index contributed by atoms with van der Waals surface area (Å²) in [5.41, 5.74) is 14.0. The second kappa shape index (κ2) is 8.60. The third-order valence-electron chi connectivity index (χ3n) is 7.80. The van der Waals surface area contributed by atoms with E-state index in [4.69, 9.17) is 0 Å². The summed E-state index contributed by atoms with van der Waals surface area (Å²) in [7, 11) is 0. The first-order valence-electron chi connectivity index (χ1n) is 13.0. The van der Waals surface area contributed by atoms with Gasteiger partial charge < -0.3 is 4.90 Å². The molecule has 0 radical (unpaired) electrons. The van der Waals surface area contributed by atoms with Crippen LogP contribution in [0.1, 0.15) is 47.2 Å². The lowest BCUT2D eigenvalue weighted by Crippen LogP contribution is -2.17. The summed E-state index contributed by atoms with van der Waals surface area (Å²) < 4.78 is 1.16. The van der Waals surface area contributed by atoms with Gasteiger partial charge in [-0.1, -0.05) is 72.2 Å². The van der Waals surface area contributed by atoms with E-state index in [9.17, 15) is 0 Å². The summed E-state index contributed by atoms with van der Waals surface area (Å²) in [4.78, 5) is 2.42. The highest BCUT2D eigenvalue weighted by atomic mass is 79.9. The molecule has 184 valence electrons. The van der Waals surface area contributed by atoms with Crippen molar-refractivity contribution in [2.24, 2.45) is 0 Å². The second-order valence-corrected chi connectivity index (χ2v) is 12.1. The molecule has 0 saturated carbocycles. The first-order chi connectivity index (χ1) is 17.6. The van der Waals surface area contributed by atoms with Crippen LogP contribution < -0.4 is 4.90 Å². The van der Waals surface area contributed by atoms with Crippen molar-refractivity contribution in [2.45, 2.75) is 47.0 Å². The van der Waals surface area contributed by atoms with Crippen LogP contribution in [0.4, 0.5) is 17.1 Å². The van der Waals surface area contributed by atoms with Gasteiger partial charge in [-0.05, 0) is 125 Å². The fraction of sp³-hybridized carbons (Fsp3) is 0.200. The Morgan fingerprint density at radius 3 is 1.68 bits per heavy atom. The molecule has 0 aliphatic heterocycles. The fourth-order valence-corrected chi connectivity index (χ4v) is 6.85. The molecule has 1 aliphatic rings. The molecule has 0 saturated heterocycles. The van der Waals surface area contributed by atoms with Crippen LogP contribution in [-0.2, 0) is 5.41 Å². The van der Waals surface area contributed by atoms with E-state index in [1.807, 2.05) is 0 Å². The number of benzene rings is 5. The highest BCUT2D eigenvalue weighted by molar-refractivity contribution is 9.10. The van der Waals surface area contributed by atoms with Crippen molar-refractivity contribution >= 4 is 43.8 Å². The molecule has 37 heavy (non-hydrogen) atoms. The van der Waals surface area contributed by atoms with Gasteiger partial charge in [-0.2, -0.15) is 0 Å². The van der Waals surface area contributed by atoms with Gasteiger partial charge in [-0.15, -0.1) is 0 Å². The molecule has 0 heterocycles. The van der Waals surface area contributed by atoms with Crippen molar-refractivity contribution in [1.82, 2.24) is 0 Å². The Hall–Kier alpha value is -3.36. The van der Waals surface area contributed by atoms with Crippen LogP contribution in [0.25, 0.3) is 21.9 Å². The van der Waals surface area contributed by atoms with Crippen molar-refractivity contribution < 1.29 is 0 Å².